The molecule has 0 aliphatic rings. The Labute approximate surface area is 156 Å². The van der Waals surface area contributed by atoms with E-state index in [1.165, 1.54) is 18.2 Å². The van der Waals surface area contributed by atoms with Gasteiger partial charge in [0.1, 0.15) is 5.82 Å². The molecule has 27 heavy (non-hydrogen) atoms. The summed E-state index contributed by atoms with van der Waals surface area (Å²) in [6, 6.07) is 20.3. The number of anilines is 1. The fraction of sp³-hybridized carbons (Fsp3) is 0.0952. The Hall–Kier alpha value is -3.54. The Kier molecular flexibility index (Phi) is 5.56. The standard InChI is InChI=1S/C21H18FN3O2/c1-2-21(24-23-17-11-13-18(14-12-17)25(26)27)16-9-7-15(8-10-16)19-5-3-4-6-20(19)22/h3-14,23H,2H2,1H3/b24-21-. The molecule has 0 radical (unpaired) electrons. The van der Waals surface area contributed by atoms with Crippen molar-refractivity contribution in [2.24, 2.45) is 5.10 Å². The van der Waals surface area contributed by atoms with Crippen LogP contribution in [0.3, 0.4) is 0 Å². The number of hydrazone groups is 1. The predicted molar refractivity (Wildman–Crippen MR) is 105 cm³/mol. The number of nitro groups is 1. The first-order valence-electron chi connectivity index (χ1n) is 8.51. The van der Waals surface area contributed by atoms with Crippen molar-refractivity contribution in [2.75, 3.05) is 5.43 Å². The van der Waals surface area contributed by atoms with Gasteiger partial charge in [0.2, 0.25) is 0 Å². The molecule has 1 N–H and O–H groups in total. The van der Waals surface area contributed by atoms with Crippen molar-refractivity contribution in [1.29, 1.82) is 0 Å². The summed E-state index contributed by atoms with van der Waals surface area (Å²) >= 11 is 0. The van der Waals surface area contributed by atoms with Crippen LogP contribution >= 0.6 is 0 Å². The van der Waals surface area contributed by atoms with E-state index in [0.29, 0.717) is 17.7 Å². The first-order chi connectivity index (χ1) is 13.1. The molecular formula is C21H18FN3O2. The Bertz CT molecular complexity index is 967. The summed E-state index contributed by atoms with van der Waals surface area (Å²) in [4.78, 5) is 10.3. The minimum Gasteiger partial charge on any atom is -0.278 e. The van der Waals surface area contributed by atoms with Crippen LogP contribution in [0.2, 0.25) is 0 Å². The van der Waals surface area contributed by atoms with E-state index in [-0.39, 0.29) is 11.5 Å². The Morgan fingerprint density at radius 3 is 2.30 bits per heavy atom. The number of benzene rings is 3. The molecule has 0 heterocycles. The third-order valence-electron chi connectivity index (χ3n) is 4.14. The molecule has 0 amide bonds. The molecule has 0 saturated carbocycles. The lowest BCUT2D eigenvalue weighted by Gasteiger charge is -2.08. The van der Waals surface area contributed by atoms with Crippen LogP contribution in [0.1, 0.15) is 18.9 Å². The second-order valence-electron chi connectivity index (χ2n) is 5.89. The molecule has 3 aromatic rings. The first-order valence-corrected chi connectivity index (χ1v) is 8.51. The van der Waals surface area contributed by atoms with Gasteiger partial charge in [0.15, 0.2) is 0 Å². The average molecular weight is 363 g/mol. The smallest absolute Gasteiger partial charge is 0.269 e. The zero-order valence-corrected chi connectivity index (χ0v) is 14.7. The number of rotatable bonds is 6. The van der Waals surface area contributed by atoms with Gasteiger partial charge in [-0.25, -0.2) is 4.39 Å². The van der Waals surface area contributed by atoms with Crippen LogP contribution in [0.4, 0.5) is 15.8 Å². The van der Waals surface area contributed by atoms with Gasteiger partial charge in [0, 0.05) is 17.7 Å². The van der Waals surface area contributed by atoms with Crippen LogP contribution in [0.5, 0.6) is 0 Å². The van der Waals surface area contributed by atoms with Crippen LogP contribution in [-0.4, -0.2) is 10.6 Å². The van der Waals surface area contributed by atoms with Crippen LogP contribution < -0.4 is 5.43 Å². The van der Waals surface area contributed by atoms with Crippen molar-refractivity contribution < 1.29 is 9.31 Å². The maximum absolute atomic E-state index is 13.9. The summed E-state index contributed by atoms with van der Waals surface area (Å²) in [7, 11) is 0. The fourth-order valence-corrected chi connectivity index (χ4v) is 2.67. The normalized spacial score (nSPS) is 11.3. The molecule has 0 spiro atoms. The third kappa shape index (κ3) is 4.36. The van der Waals surface area contributed by atoms with E-state index < -0.39 is 4.92 Å². The molecule has 0 fully saturated rings. The zero-order valence-electron chi connectivity index (χ0n) is 14.7. The van der Waals surface area contributed by atoms with Crippen molar-refractivity contribution in [1.82, 2.24) is 0 Å². The van der Waals surface area contributed by atoms with Gasteiger partial charge < -0.3 is 0 Å². The quantitative estimate of drug-likeness (QED) is 0.351. The highest BCUT2D eigenvalue weighted by Gasteiger charge is 2.07. The maximum Gasteiger partial charge on any atom is 0.269 e. The molecule has 5 nitrogen and oxygen atoms in total. The van der Waals surface area contributed by atoms with E-state index in [0.717, 1.165) is 16.8 Å². The minimum absolute atomic E-state index is 0.0315. The van der Waals surface area contributed by atoms with Gasteiger partial charge in [-0.15, -0.1) is 0 Å². The summed E-state index contributed by atoms with van der Waals surface area (Å²) in [5.41, 5.74) is 6.72. The number of hydrogen-bond acceptors (Lipinski definition) is 4. The summed E-state index contributed by atoms with van der Waals surface area (Å²) in [6.45, 7) is 1.99. The van der Waals surface area contributed by atoms with Gasteiger partial charge in [-0.1, -0.05) is 49.4 Å². The zero-order chi connectivity index (χ0) is 19.2. The van der Waals surface area contributed by atoms with Crippen LogP contribution in [0.25, 0.3) is 11.1 Å². The van der Waals surface area contributed by atoms with E-state index in [9.17, 15) is 14.5 Å². The highest BCUT2D eigenvalue weighted by Crippen LogP contribution is 2.23. The molecule has 0 bridgehead atoms. The summed E-state index contributed by atoms with van der Waals surface area (Å²) < 4.78 is 13.9. The number of nitro benzene ring substituents is 1. The highest BCUT2D eigenvalue weighted by molar-refractivity contribution is 6.01. The molecule has 6 heteroatoms. The molecule has 0 aliphatic heterocycles. The maximum atomic E-state index is 13.9. The molecular weight excluding hydrogens is 345 g/mol. The monoisotopic (exact) mass is 363 g/mol. The number of hydrogen-bond donors (Lipinski definition) is 1. The molecule has 3 aromatic carbocycles. The summed E-state index contributed by atoms with van der Waals surface area (Å²) in [6.07, 6.45) is 0.693. The fourth-order valence-electron chi connectivity index (χ4n) is 2.67. The van der Waals surface area contributed by atoms with Crippen LogP contribution in [0, 0.1) is 15.9 Å². The SMILES string of the molecule is CC/C(=N/Nc1ccc([N+](=O)[O-])cc1)c1ccc(-c2ccccc2F)cc1. The molecule has 0 aliphatic carbocycles. The lowest BCUT2D eigenvalue weighted by Crippen LogP contribution is -2.03. The number of halogens is 1. The number of nitrogens with zero attached hydrogens (tertiary/aromatic N) is 2. The van der Waals surface area contributed by atoms with Crippen molar-refractivity contribution in [3.8, 4) is 11.1 Å². The van der Waals surface area contributed by atoms with Crippen molar-refractivity contribution in [3.05, 3.63) is 94.3 Å². The van der Waals surface area contributed by atoms with Crippen LogP contribution in [0.15, 0.2) is 77.9 Å². The van der Waals surface area contributed by atoms with Gasteiger partial charge in [0.05, 0.1) is 16.3 Å². The van der Waals surface area contributed by atoms with Crippen LogP contribution in [-0.2, 0) is 0 Å². The van der Waals surface area contributed by atoms with Gasteiger partial charge in [-0.3, -0.25) is 15.5 Å². The van der Waals surface area contributed by atoms with Gasteiger partial charge in [-0.2, -0.15) is 5.10 Å². The molecule has 136 valence electrons. The second-order valence-corrected chi connectivity index (χ2v) is 5.89. The minimum atomic E-state index is -0.443. The molecule has 0 unspecified atom stereocenters. The van der Waals surface area contributed by atoms with Crippen molar-refractivity contribution in [2.45, 2.75) is 13.3 Å². The first kappa shape index (κ1) is 18.3. The highest BCUT2D eigenvalue weighted by atomic mass is 19.1. The Balaban J connectivity index is 1.78. The molecule has 0 aromatic heterocycles. The van der Waals surface area contributed by atoms with Gasteiger partial charge >= 0.3 is 0 Å². The average Bonchev–Trinajstić information content (AvgIpc) is 2.70. The molecule has 3 rings (SSSR count). The van der Waals surface area contributed by atoms with Crippen molar-refractivity contribution in [3.63, 3.8) is 0 Å². The number of non-ortho nitro benzene ring substituents is 1. The lowest BCUT2D eigenvalue weighted by atomic mass is 10.0. The van der Waals surface area contributed by atoms with Gasteiger partial charge in [-0.05, 0) is 35.7 Å². The van der Waals surface area contributed by atoms with Gasteiger partial charge in [0.25, 0.3) is 5.69 Å². The summed E-state index contributed by atoms with van der Waals surface area (Å²) in [5.74, 6) is -0.255. The molecule has 0 atom stereocenters. The lowest BCUT2D eigenvalue weighted by molar-refractivity contribution is -0.384. The Morgan fingerprint density at radius 1 is 1.04 bits per heavy atom. The molecule has 0 saturated heterocycles. The summed E-state index contributed by atoms with van der Waals surface area (Å²) in [5, 5.41) is 15.1. The predicted octanol–water partition coefficient (Wildman–Crippen LogP) is 5.63. The number of nitrogens with one attached hydrogen (secondary N) is 1. The Morgan fingerprint density at radius 2 is 1.70 bits per heavy atom. The second kappa shape index (κ2) is 8.23. The third-order valence-corrected chi connectivity index (χ3v) is 4.14. The van der Waals surface area contributed by atoms with E-state index in [1.54, 1.807) is 30.3 Å². The van der Waals surface area contributed by atoms with E-state index >= 15 is 0 Å². The van der Waals surface area contributed by atoms with Crippen molar-refractivity contribution >= 4 is 17.1 Å². The van der Waals surface area contributed by atoms with E-state index in [4.69, 9.17) is 0 Å². The van der Waals surface area contributed by atoms with E-state index in [2.05, 4.69) is 10.5 Å². The largest absolute Gasteiger partial charge is 0.278 e. The van der Waals surface area contributed by atoms with E-state index in [1.807, 2.05) is 31.2 Å². The topological polar surface area (TPSA) is 67.5 Å².